The zero-order valence-corrected chi connectivity index (χ0v) is 11.3. The van der Waals surface area contributed by atoms with E-state index in [2.05, 4.69) is 18.5 Å². The summed E-state index contributed by atoms with van der Waals surface area (Å²) in [4.78, 5) is 0. The van der Waals surface area contributed by atoms with Crippen LogP contribution in [0.1, 0.15) is 26.2 Å². The molecular weight excluding hydrogens is 222 g/mol. The summed E-state index contributed by atoms with van der Waals surface area (Å²) < 4.78 is 5.44. The fourth-order valence-corrected chi connectivity index (χ4v) is 2.04. The summed E-state index contributed by atoms with van der Waals surface area (Å²) in [5.41, 5.74) is 0. The monoisotopic (exact) mass is 247 g/mol. The normalized spacial score (nSPS) is 19.7. The molecule has 0 amide bonds. The zero-order chi connectivity index (χ0) is 11.8. The van der Waals surface area contributed by atoms with Crippen molar-refractivity contribution in [2.45, 2.75) is 38.3 Å². The number of nitrogens with one attached hydrogen (secondary N) is 1. The van der Waals surface area contributed by atoms with Crippen LogP contribution in [0.15, 0.2) is 0 Å². The number of aliphatic hydroxyl groups excluding tert-OH is 1. The molecule has 1 aliphatic carbocycles. The number of hydrogen-bond donors (Lipinski definition) is 2. The molecule has 0 aromatic rings. The van der Waals surface area contributed by atoms with E-state index in [0.29, 0.717) is 19.2 Å². The number of rotatable bonds is 10. The molecule has 96 valence electrons. The maximum Gasteiger partial charge on any atom is 0.0897 e. The quantitative estimate of drug-likeness (QED) is 0.614. The molecule has 0 aliphatic heterocycles. The van der Waals surface area contributed by atoms with Gasteiger partial charge in [-0.05, 0) is 44.1 Å². The molecule has 1 saturated carbocycles. The maximum absolute atomic E-state index is 9.66. The molecule has 0 aromatic carbocycles. The third kappa shape index (κ3) is 7.49. The standard InChI is InChI=1S/C12H25NO2S/c1-10(5-6-16-2)13-7-12(14)9-15-8-11-3-4-11/h10-14H,3-9H2,1-2H3. The zero-order valence-electron chi connectivity index (χ0n) is 10.4. The average molecular weight is 247 g/mol. The Balaban J connectivity index is 1.89. The molecule has 3 nitrogen and oxygen atoms in total. The number of ether oxygens (including phenoxy) is 1. The van der Waals surface area contributed by atoms with Crippen LogP contribution < -0.4 is 5.32 Å². The van der Waals surface area contributed by atoms with Gasteiger partial charge in [-0.1, -0.05) is 0 Å². The van der Waals surface area contributed by atoms with Crippen LogP contribution in [0.4, 0.5) is 0 Å². The molecule has 4 heteroatoms. The molecule has 2 unspecified atom stereocenters. The van der Waals surface area contributed by atoms with Crippen molar-refractivity contribution in [1.29, 1.82) is 0 Å². The van der Waals surface area contributed by atoms with Gasteiger partial charge < -0.3 is 15.2 Å². The Morgan fingerprint density at radius 3 is 2.88 bits per heavy atom. The van der Waals surface area contributed by atoms with Gasteiger partial charge in [0.05, 0.1) is 12.7 Å². The summed E-state index contributed by atoms with van der Waals surface area (Å²) in [6.45, 7) is 4.10. The first-order chi connectivity index (χ1) is 7.72. The van der Waals surface area contributed by atoms with E-state index < -0.39 is 0 Å². The van der Waals surface area contributed by atoms with Gasteiger partial charge in [0.1, 0.15) is 0 Å². The first kappa shape index (κ1) is 14.3. The fraction of sp³-hybridized carbons (Fsp3) is 1.00. The van der Waals surface area contributed by atoms with Crippen molar-refractivity contribution in [1.82, 2.24) is 5.32 Å². The third-order valence-electron chi connectivity index (χ3n) is 2.82. The second kappa shape index (κ2) is 8.34. The van der Waals surface area contributed by atoms with Crippen molar-refractivity contribution < 1.29 is 9.84 Å². The molecule has 0 radical (unpaired) electrons. The van der Waals surface area contributed by atoms with E-state index in [1.165, 1.54) is 18.6 Å². The number of hydrogen-bond acceptors (Lipinski definition) is 4. The smallest absolute Gasteiger partial charge is 0.0897 e. The molecule has 16 heavy (non-hydrogen) atoms. The first-order valence-electron chi connectivity index (χ1n) is 6.20. The molecular formula is C12H25NO2S. The lowest BCUT2D eigenvalue weighted by Gasteiger charge is -2.16. The van der Waals surface area contributed by atoms with Gasteiger partial charge in [0.2, 0.25) is 0 Å². The van der Waals surface area contributed by atoms with Crippen LogP contribution in [0.2, 0.25) is 0 Å². The lowest BCUT2D eigenvalue weighted by Crippen LogP contribution is -2.36. The third-order valence-corrected chi connectivity index (χ3v) is 3.46. The molecule has 2 N–H and O–H groups in total. The SMILES string of the molecule is CSCCC(C)NCC(O)COCC1CC1. The van der Waals surface area contributed by atoms with Crippen molar-refractivity contribution in [3.05, 3.63) is 0 Å². The van der Waals surface area contributed by atoms with Crippen LogP contribution in [0.3, 0.4) is 0 Å². The Labute approximate surface area is 103 Å². The minimum atomic E-state index is -0.365. The van der Waals surface area contributed by atoms with Gasteiger partial charge in [-0.3, -0.25) is 0 Å². The van der Waals surface area contributed by atoms with Crippen LogP contribution in [0, 0.1) is 5.92 Å². The van der Waals surface area contributed by atoms with Gasteiger partial charge in [0.15, 0.2) is 0 Å². The van der Waals surface area contributed by atoms with Gasteiger partial charge in [0, 0.05) is 19.2 Å². The Kier molecular flexibility index (Phi) is 7.45. The van der Waals surface area contributed by atoms with Gasteiger partial charge >= 0.3 is 0 Å². The van der Waals surface area contributed by atoms with Crippen LogP contribution in [-0.4, -0.2) is 49.0 Å². The van der Waals surface area contributed by atoms with E-state index in [9.17, 15) is 5.11 Å². The van der Waals surface area contributed by atoms with Gasteiger partial charge in [-0.15, -0.1) is 0 Å². The van der Waals surface area contributed by atoms with Crippen molar-refractivity contribution in [2.75, 3.05) is 31.8 Å². The highest BCUT2D eigenvalue weighted by Crippen LogP contribution is 2.28. The Morgan fingerprint density at radius 2 is 2.25 bits per heavy atom. The van der Waals surface area contributed by atoms with Crippen LogP contribution in [-0.2, 0) is 4.74 Å². The van der Waals surface area contributed by atoms with Crippen molar-refractivity contribution in [3.8, 4) is 0 Å². The highest BCUT2D eigenvalue weighted by molar-refractivity contribution is 7.98. The van der Waals surface area contributed by atoms with Crippen LogP contribution >= 0.6 is 11.8 Å². The van der Waals surface area contributed by atoms with E-state index in [1.807, 2.05) is 11.8 Å². The van der Waals surface area contributed by atoms with E-state index in [1.54, 1.807) is 0 Å². The molecule has 1 fully saturated rings. The van der Waals surface area contributed by atoms with Crippen molar-refractivity contribution >= 4 is 11.8 Å². The van der Waals surface area contributed by atoms with Gasteiger partial charge in [-0.2, -0.15) is 11.8 Å². The Morgan fingerprint density at radius 1 is 1.50 bits per heavy atom. The lowest BCUT2D eigenvalue weighted by molar-refractivity contribution is 0.0315. The topological polar surface area (TPSA) is 41.5 Å². The summed E-state index contributed by atoms with van der Waals surface area (Å²) in [5, 5.41) is 13.0. The summed E-state index contributed by atoms with van der Waals surface area (Å²) in [6.07, 6.45) is 5.51. The van der Waals surface area contributed by atoms with E-state index >= 15 is 0 Å². The second-order valence-corrected chi connectivity index (χ2v) is 5.71. The Bertz CT molecular complexity index is 176. The highest BCUT2D eigenvalue weighted by atomic mass is 32.2. The number of thioether (sulfide) groups is 1. The maximum atomic E-state index is 9.66. The molecule has 1 rings (SSSR count). The number of aliphatic hydroxyl groups is 1. The molecule has 0 heterocycles. The van der Waals surface area contributed by atoms with E-state index in [-0.39, 0.29) is 6.10 Å². The fourth-order valence-electron chi connectivity index (χ4n) is 1.45. The summed E-state index contributed by atoms with van der Waals surface area (Å²) in [6, 6.07) is 0.477. The minimum Gasteiger partial charge on any atom is -0.389 e. The highest BCUT2D eigenvalue weighted by Gasteiger charge is 2.21. The predicted octanol–water partition coefficient (Wildman–Crippen LogP) is 1.51. The molecule has 2 atom stereocenters. The molecule has 0 bridgehead atoms. The summed E-state index contributed by atoms with van der Waals surface area (Å²) in [7, 11) is 0. The van der Waals surface area contributed by atoms with Crippen LogP contribution in [0.25, 0.3) is 0 Å². The second-order valence-electron chi connectivity index (χ2n) is 4.73. The molecule has 0 aromatic heterocycles. The van der Waals surface area contributed by atoms with Crippen molar-refractivity contribution in [3.63, 3.8) is 0 Å². The van der Waals surface area contributed by atoms with Gasteiger partial charge in [-0.25, -0.2) is 0 Å². The van der Waals surface area contributed by atoms with E-state index in [0.717, 1.165) is 18.9 Å². The summed E-state index contributed by atoms with van der Waals surface area (Å²) >= 11 is 1.86. The molecule has 0 spiro atoms. The largest absolute Gasteiger partial charge is 0.389 e. The molecule has 1 aliphatic rings. The average Bonchev–Trinajstić information content (AvgIpc) is 3.07. The minimum absolute atomic E-state index is 0.365. The Hall–Kier alpha value is 0.230. The molecule has 0 saturated heterocycles. The predicted molar refractivity (Wildman–Crippen MR) is 70.0 cm³/mol. The van der Waals surface area contributed by atoms with Gasteiger partial charge in [0.25, 0.3) is 0 Å². The van der Waals surface area contributed by atoms with E-state index in [4.69, 9.17) is 4.74 Å². The lowest BCUT2D eigenvalue weighted by atomic mass is 10.2. The summed E-state index contributed by atoms with van der Waals surface area (Å²) in [5.74, 6) is 1.95. The first-order valence-corrected chi connectivity index (χ1v) is 7.60. The van der Waals surface area contributed by atoms with Crippen LogP contribution in [0.5, 0.6) is 0 Å². The van der Waals surface area contributed by atoms with Crippen molar-refractivity contribution in [2.24, 2.45) is 5.92 Å².